The number of thiazole rings is 1. The predicted octanol–water partition coefficient (Wildman–Crippen LogP) is 4.46. The van der Waals surface area contributed by atoms with Gasteiger partial charge in [0.25, 0.3) is 0 Å². The van der Waals surface area contributed by atoms with Gasteiger partial charge in [0, 0.05) is 18.2 Å². The Bertz CT molecular complexity index is 922. The highest BCUT2D eigenvalue weighted by Gasteiger charge is 2.28. The standard InChI is InChI=1S/C20H20N2O3S/c23-16-10-18-17(24-12-25-18)9-13(16)11-22-8-4-3-6-15(22)20-21-14-5-1-2-7-19(14)26-20/h1-2,5,7,9-10,15,23H,3-4,6,8,11-12H2/t15-/m1/s1. The van der Waals surface area contributed by atoms with E-state index in [-0.39, 0.29) is 12.5 Å². The van der Waals surface area contributed by atoms with Crippen LogP contribution in [0.15, 0.2) is 36.4 Å². The van der Waals surface area contributed by atoms with Gasteiger partial charge in [-0.25, -0.2) is 4.98 Å². The molecule has 0 bridgehead atoms. The highest BCUT2D eigenvalue weighted by Crippen LogP contribution is 2.41. The molecule has 26 heavy (non-hydrogen) atoms. The van der Waals surface area contributed by atoms with Gasteiger partial charge >= 0.3 is 0 Å². The molecule has 6 heteroatoms. The van der Waals surface area contributed by atoms with Crippen LogP contribution in [0.4, 0.5) is 0 Å². The van der Waals surface area contributed by atoms with E-state index in [1.54, 1.807) is 17.4 Å². The fourth-order valence-electron chi connectivity index (χ4n) is 3.81. The smallest absolute Gasteiger partial charge is 0.231 e. The molecule has 1 N–H and O–H groups in total. The van der Waals surface area contributed by atoms with Crippen molar-refractivity contribution in [3.8, 4) is 17.2 Å². The van der Waals surface area contributed by atoms with Gasteiger partial charge in [-0.2, -0.15) is 0 Å². The summed E-state index contributed by atoms with van der Waals surface area (Å²) in [6.45, 7) is 1.91. The van der Waals surface area contributed by atoms with Gasteiger partial charge in [-0.1, -0.05) is 18.6 Å². The number of fused-ring (bicyclic) bond motifs is 2. The first-order valence-electron chi connectivity index (χ1n) is 8.99. The summed E-state index contributed by atoms with van der Waals surface area (Å²) < 4.78 is 12.1. The summed E-state index contributed by atoms with van der Waals surface area (Å²) >= 11 is 1.78. The Morgan fingerprint density at radius 1 is 1.15 bits per heavy atom. The van der Waals surface area contributed by atoms with Crippen molar-refractivity contribution in [2.45, 2.75) is 31.8 Å². The number of rotatable bonds is 3. The molecule has 5 rings (SSSR count). The summed E-state index contributed by atoms with van der Waals surface area (Å²) in [5.41, 5.74) is 1.95. The van der Waals surface area contributed by atoms with E-state index >= 15 is 0 Å². The highest BCUT2D eigenvalue weighted by molar-refractivity contribution is 7.18. The minimum atomic E-state index is 0.219. The van der Waals surface area contributed by atoms with E-state index in [4.69, 9.17) is 14.5 Å². The van der Waals surface area contributed by atoms with Crippen molar-refractivity contribution in [2.75, 3.05) is 13.3 Å². The van der Waals surface area contributed by atoms with Crippen molar-refractivity contribution in [1.29, 1.82) is 0 Å². The van der Waals surface area contributed by atoms with Crippen molar-refractivity contribution in [3.63, 3.8) is 0 Å². The molecule has 2 aromatic carbocycles. The van der Waals surface area contributed by atoms with E-state index < -0.39 is 0 Å². The molecule has 2 aliphatic heterocycles. The fraction of sp³-hybridized carbons (Fsp3) is 0.350. The maximum Gasteiger partial charge on any atom is 0.231 e. The van der Waals surface area contributed by atoms with Crippen molar-refractivity contribution < 1.29 is 14.6 Å². The number of phenolic OH excluding ortho intramolecular Hbond substituents is 1. The van der Waals surface area contributed by atoms with E-state index in [0.29, 0.717) is 24.1 Å². The Morgan fingerprint density at radius 2 is 2.00 bits per heavy atom. The van der Waals surface area contributed by atoms with Gasteiger partial charge < -0.3 is 14.6 Å². The normalized spacial score (nSPS) is 19.9. The average molecular weight is 368 g/mol. The van der Waals surface area contributed by atoms with Crippen molar-refractivity contribution >= 4 is 21.6 Å². The minimum absolute atomic E-state index is 0.219. The molecule has 1 atom stereocenters. The Kier molecular flexibility index (Phi) is 3.94. The molecule has 1 fully saturated rings. The summed E-state index contributed by atoms with van der Waals surface area (Å²) in [6.07, 6.45) is 3.49. The van der Waals surface area contributed by atoms with E-state index in [1.807, 2.05) is 12.1 Å². The van der Waals surface area contributed by atoms with Crippen LogP contribution in [-0.2, 0) is 6.54 Å². The Hall–Kier alpha value is -2.31. The average Bonchev–Trinajstić information content (AvgIpc) is 3.28. The summed E-state index contributed by atoms with van der Waals surface area (Å²) in [6, 6.07) is 12.2. The molecule has 2 aliphatic rings. The summed E-state index contributed by atoms with van der Waals surface area (Å²) in [5.74, 6) is 1.60. The molecule has 0 unspecified atom stereocenters. The topological polar surface area (TPSA) is 54.8 Å². The SMILES string of the molecule is Oc1cc2c(cc1CN1CCCC[C@@H]1c1nc3ccccc3s1)OCO2. The molecule has 3 aromatic rings. The van der Waals surface area contributed by atoms with Crippen LogP contribution in [0, 0.1) is 0 Å². The van der Waals surface area contributed by atoms with E-state index in [9.17, 15) is 5.11 Å². The Balaban J connectivity index is 1.45. The first-order chi connectivity index (χ1) is 12.8. The lowest BCUT2D eigenvalue weighted by atomic mass is 10.0. The van der Waals surface area contributed by atoms with Crippen LogP contribution in [0.1, 0.15) is 35.9 Å². The number of benzene rings is 2. The number of nitrogens with zero attached hydrogens (tertiary/aromatic N) is 2. The van der Waals surface area contributed by atoms with E-state index in [0.717, 1.165) is 24.0 Å². The van der Waals surface area contributed by atoms with Crippen molar-refractivity contribution in [1.82, 2.24) is 9.88 Å². The second-order valence-corrected chi connectivity index (χ2v) is 7.90. The molecule has 0 spiro atoms. The molecule has 0 amide bonds. The van der Waals surface area contributed by atoms with Crippen molar-refractivity contribution in [2.24, 2.45) is 0 Å². The molecular formula is C20H20N2O3S. The molecular weight excluding hydrogens is 348 g/mol. The molecule has 5 nitrogen and oxygen atoms in total. The maximum absolute atomic E-state index is 10.4. The second kappa shape index (κ2) is 6.45. The zero-order valence-corrected chi connectivity index (χ0v) is 15.2. The predicted molar refractivity (Wildman–Crippen MR) is 101 cm³/mol. The van der Waals surface area contributed by atoms with Crippen LogP contribution in [0.2, 0.25) is 0 Å². The second-order valence-electron chi connectivity index (χ2n) is 6.84. The minimum Gasteiger partial charge on any atom is -0.507 e. The van der Waals surface area contributed by atoms with Gasteiger partial charge in [0.1, 0.15) is 10.8 Å². The number of ether oxygens (including phenoxy) is 2. The first-order valence-corrected chi connectivity index (χ1v) is 9.80. The zero-order chi connectivity index (χ0) is 17.5. The number of aromatic hydroxyl groups is 1. The van der Waals surface area contributed by atoms with Crippen LogP contribution in [-0.4, -0.2) is 28.3 Å². The van der Waals surface area contributed by atoms with Gasteiger partial charge in [0.05, 0.1) is 16.3 Å². The summed E-state index contributed by atoms with van der Waals surface area (Å²) in [4.78, 5) is 7.31. The number of para-hydroxylation sites is 1. The molecule has 0 radical (unpaired) electrons. The van der Waals surface area contributed by atoms with Gasteiger partial charge in [-0.05, 0) is 37.6 Å². The lowest BCUT2D eigenvalue weighted by molar-refractivity contribution is 0.139. The van der Waals surface area contributed by atoms with E-state index in [2.05, 4.69) is 23.1 Å². The van der Waals surface area contributed by atoms with Crippen LogP contribution in [0.5, 0.6) is 17.2 Å². The number of hydrogen-bond donors (Lipinski definition) is 1. The summed E-state index contributed by atoms with van der Waals surface area (Å²) in [5, 5.41) is 11.6. The fourth-order valence-corrected chi connectivity index (χ4v) is 4.95. The van der Waals surface area contributed by atoms with E-state index in [1.165, 1.54) is 22.5 Å². The number of phenols is 1. The monoisotopic (exact) mass is 368 g/mol. The first kappa shape index (κ1) is 15.9. The van der Waals surface area contributed by atoms with Gasteiger partial charge in [-0.3, -0.25) is 4.90 Å². The Morgan fingerprint density at radius 3 is 2.88 bits per heavy atom. The van der Waals surface area contributed by atoms with Gasteiger partial charge in [-0.15, -0.1) is 11.3 Å². The Labute approximate surface area is 155 Å². The third kappa shape index (κ3) is 2.79. The number of piperidine rings is 1. The molecule has 3 heterocycles. The quantitative estimate of drug-likeness (QED) is 0.740. The number of likely N-dealkylation sites (tertiary alicyclic amines) is 1. The van der Waals surface area contributed by atoms with Crippen LogP contribution in [0.3, 0.4) is 0 Å². The zero-order valence-electron chi connectivity index (χ0n) is 14.4. The largest absolute Gasteiger partial charge is 0.507 e. The third-order valence-electron chi connectivity index (χ3n) is 5.16. The molecule has 0 saturated carbocycles. The number of aromatic nitrogens is 1. The third-order valence-corrected chi connectivity index (χ3v) is 6.29. The summed E-state index contributed by atoms with van der Waals surface area (Å²) in [7, 11) is 0. The van der Waals surface area contributed by atoms with Crippen LogP contribution >= 0.6 is 11.3 Å². The highest BCUT2D eigenvalue weighted by atomic mass is 32.1. The molecule has 1 saturated heterocycles. The van der Waals surface area contributed by atoms with Crippen LogP contribution in [0.25, 0.3) is 10.2 Å². The lowest BCUT2D eigenvalue weighted by Crippen LogP contribution is -2.32. The van der Waals surface area contributed by atoms with Crippen LogP contribution < -0.4 is 9.47 Å². The number of hydrogen-bond acceptors (Lipinski definition) is 6. The van der Waals surface area contributed by atoms with Gasteiger partial charge in [0.15, 0.2) is 11.5 Å². The van der Waals surface area contributed by atoms with Gasteiger partial charge in [0.2, 0.25) is 6.79 Å². The molecule has 134 valence electrons. The molecule has 0 aliphatic carbocycles. The lowest BCUT2D eigenvalue weighted by Gasteiger charge is -2.34. The molecule has 1 aromatic heterocycles. The maximum atomic E-state index is 10.4. The van der Waals surface area contributed by atoms with Crippen molar-refractivity contribution in [3.05, 3.63) is 47.0 Å².